The maximum absolute atomic E-state index is 12.6. The van der Waals surface area contributed by atoms with Crippen LogP contribution in [0.3, 0.4) is 0 Å². The minimum atomic E-state index is -0.342. The molecule has 2 rings (SSSR count). The van der Waals surface area contributed by atoms with Crippen LogP contribution < -0.4 is 10.6 Å². The zero-order valence-electron chi connectivity index (χ0n) is 15.5. The Morgan fingerprint density at radius 1 is 1.17 bits per heavy atom. The average molecular weight is 339 g/mol. The molecule has 6 heteroatoms. The molecule has 2 fully saturated rings. The highest BCUT2D eigenvalue weighted by molar-refractivity contribution is 5.87. The second-order valence-electron chi connectivity index (χ2n) is 7.68. The van der Waals surface area contributed by atoms with Crippen LogP contribution in [0.2, 0.25) is 0 Å². The minimum Gasteiger partial charge on any atom is -0.378 e. The highest BCUT2D eigenvalue weighted by atomic mass is 16.5. The maximum atomic E-state index is 12.6. The van der Waals surface area contributed by atoms with E-state index in [2.05, 4.69) is 24.5 Å². The molecule has 0 aromatic heterocycles. The lowest BCUT2D eigenvalue weighted by atomic mass is 9.87. The second kappa shape index (κ2) is 8.70. The van der Waals surface area contributed by atoms with Crippen molar-refractivity contribution in [1.29, 1.82) is 0 Å². The SMILES string of the molecule is CC(C)NC(=O)N1CCC[C@H]1C(=O)NC[C@H]1CCCO[C@@H]1C(C)C. The molecule has 2 heterocycles. The van der Waals surface area contributed by atoms with Gasteiger partial charge >= 0.3 is 6.03 Å². The van der Waals surface area contributed by atoms with E-state index in [9.17, 15) is 9.59 Å². The second-order valence-corrected chi connectivity index (χ2v) is 7.68. The van der Waals surface area contributed by atoms with Gasteiger partial charge in [-0.25, -0.2) is 4.79 Å². The van der Waals surface area contributed by atoms with Crippen molar-refractivity contribution in [1.82, 2.24) is 15.5 Å². The molecule has 3 amide bonds. The number of carbonyl (C=O) groups is 2. The predicted molar refractivity (Wildman–Crippen MR) is 93.7 cm³/mol. The number of hydrogen-bond donors (Lipinski definition) is 2. The monoisotopic (exact) mass is 339 g/mol. The molecule has 3 atom stereocenters. The third-order valence-electron chi connectivity index (χ3n) is 4.92. The first kappa shape index (κ1) is 19.0. The van der Waals surface area contributed by atoms with Crippen molar-refractivity contribution in [3.8, 4) is 0 Å². The van der Waals surface area contributed by atoms with Crippen molar-refractivity contribution in [3.63, 3.8) is 0 Å². The van der Waals surface area contributed by atoms with Crippen LogP contribution in [-0.4, -0.2) is 54.7 Å². The van der Waals surface area contributed by atoms with Crippen molar-refractivity contribution in [2.24, 2.45) is 11.8 Å². The van der Waals surface area contributed by atoms with Crippen molar-refractivity contribution in [2.45, 2.75) is 71.6 Å². The molecule has 0 aliphatic carbocycles. The van der Waals surface area contributed by atoms with E-state index >= 15 is 0 Å². The molecule has 0 unspecified atom stereocenters. The summed E-state index contributed by atoms with van der Waals surface area (Å²) in [6.07, 6.45) is 3.97. The molecule has 0 aromatic carbocycles. The predicted octanol–water partition coefficient (Wildman–Crippen LogP) is 2.14. The molecule has 24 heavy (non-hydrogen) atoms. The Labute approximate surface area is 145 Å². The summed E-state index contributed by atoms with van der Waals surface area (Å²) in [6.45, 7) is 10.3. The number of amides is 3. The first-order valence-electron chi connectivity index (χ1n) is 9.36. The van der Waals surface area contributed by atoms with Crippen LogP contribution in [0, 0.1) is 11.8 Å². The summed E-state index contributed by atoms with van der Waals surface area (Å²) in [5.74, 6) is 0.786. The Balaban J connectivity index is 1.87. The molecular formula is C18H33N3O3. The number of likely N-dealkylation sites (tertiary alicyclic amines) is 1. The molecule has 2 aliphatic heterocycles. The lowest BCUT2D eigenvalue weighted by molar-refractivity contribution is -0.125. The van der Waals surface area contributed by atoms with Crippen LogP contribution >= 0.6 is 0 Å². The third-order valence-corrected chi connectivity index (χ3v) is 4.92. The van der Waals surface area contributed by atoms with Crippen LogP contribution in [0.15, 0.2) is 0 Å². The number of nitrogens with zero attached hydrogens (tertiary/aromatic N) is 1. The average Bonchev–Trinajstić information content (AvgIpc) is 3.02. The van der Waals surface area contributed by atoms with Gasteiger partial charge in [-0.15, -0.1) is 0 Å². The molecule has 2 aliphatic rings. The van der Waals surface area contributed by atoms with E-state index in [0.717, 1.165) is 32.3 Å². The first-order valence-corrected chi connectivity index (χ1v) is 9.36. The summed E-state index contributed by atoms with van der Waals surface area (Å²) < 4.78 is 5.89. The van der Waals surface area contributed by atoms with Gasteiger partial charge in [-0.2, -0.15) is 0 Å². The van der Waals surface area contributed by atoms with Gasteiger partial charge in [0.15, 0.2) is 0 Å². The smallest absolute Gasteiger partial charge is 0.318 e. The molecule has 138 valence electrons. The fraction of sp³-hybridized carbons (Fsp3) is 0.889. The number of ether oxygens (including phenoxy) is 1. The lowest BCUT2D eigenvalue weighted by Crippen LogP contribution is -2.52. The molecule has 2 saturated heterocycles. The summed E-state index contributed by atoms with van der Waals surface area (Å²) in [7, 11) is 0. The molecular weight excluding hydrogens is 306 g/mol. The van der Waals surface area contributed by atoms with E-state index in [1.54, 1.807) is 4.90 Å². The fourth-order valence-electron chi connectivity index (χ4n) is 3.78. The standard InChI is InChI=1S/C18H33N3O3/c1-12(2)16-14(7-6-10-24-16)11-19-17(22)15-8-5-9-21(15)18(23)20-13(3)4/h12-16H,5-11H2,1-4H3,(H,19,22)(H,20,23)/t14-,15+,16-/m1/s1. The molecule has 2 N–H and O–H groups in total. The highest BCUT2D eigenvalue weighted by Gasteiger charge is 2.35. The Morgan fingerprint density at radius 2 is 1.92 bits per heavy atom. The molecule has 0 bridgehead atoms. The van der Waals surface area contributed by atoms with E-state index in [0.29, 0.717) is 24.9 Å². The van der Waals surface area contributed by atoms with Crippen molar-refractivity contribution in [3.05, 3.63) is 0 Å². The van der Waals surface area contributed by atoms with E-state index in [4.69, 9.17) is 4.74 Å². The number of urea groups is 1. The Hall–Kier alpha value is -1.30. The molecule has 0 aromatic rings. The van der Waals surface area contributed by atoms with Gasteiger partial charge < -0.3 is 20.3 Å². The van der Waals surface area contributed by atoms with E-state index in [1.165, 1.54) is 0 Å². The summed E-state index contributed by atoms with van der Waals surface area (Å²) in [4.78, 5) is 26.5. The number of hydrogen-bond acceptors (Lipinski definition) is 3. The highest BCUT2D eigenvalue weighted by Crippen LogP contribution is 2.26. The molecule has 0 spiro atoms. The lowest BCUT2D eigenvalue weighted by Gasteiger charge is -2.35. The first-order chi connectivity index (χ1) is 11.4. The number of nitrogens with one attached hydrogen (secondary N) is 2. The van der Waals surface area contributed by atoms with Gasteiger partial charge in [0.05, 0.1) is 6.10 Å². The van der Waals surface area contributed by atoms with Crippen molar-refractivity contribution < 1.29 is 14.3 Å². The van der Waals surface area contributed by atoms with Gasteiger partial charge in [-0.05, 0) is 45.4 Å². The topological polar surface area (TPSA) is 70.7 Å². The van der Waals surface area contributed by atoms with Crippen LogP contribution in [0.4, 0.5) is 4.79 Å². The molecule has 0 saturated carbocycles. The number of rotatable bonds is 5. The van der Waals surface area contributed by atoms with E-state index in [-0.39, 0.29) is 30.1 Å². The molecule has 0 radical (unpaired) electrons. The van der Waals surface area contributed by atoms with Gasteiger partial charge in [-0.1, -0.05) is 13.8 Å². The van der Waals surface area contributed by atoms with Gasteiger partial charge in [0.25, 0.3) is 0 Å². The van der Waals surface area contributed by atoms with Crippen molar-refractivity contribution >= 4 is 11.9 Å². The van der Waals surface area contributed by atoms with Crippen LogP contribution in [0.1, 0.15) is 53.4 Å². The largest absolute Gasteiger partial charge is 0.378 e. The van der Waals surface area contributed by atoms with E-state index in [1.807, 2.05) is 13.8 Å². The van der Waals surface area contributed by atoms with Gasteiger partial charge in [0.2, 0.25) is 5.91 Å². The van der Waals surface area contributed by atoms with Crippen LogP contribution in [-0.2, 0) is 9.53 Å². The normalized spacial score (nSPS) is 27.6. The van der Waals surface area contributed by atoms with Crippen molar-refractivity contribution in [2.75, 3.05) is 19.7 Å². The van der Waals surface area contributed by atoms with Crippen LogP contribution in [0.5, 0.6) is 0 Å². The zero-order valence-corrected chi connectivity index (χ0v) is 15.5. The summed E-state index contributed by atoms with van der Waals surface area (Å²) in [6, 6.07) is -0.400. The summed E-state index contributed by atoms with van der Waals surface area (Å²) in [5.41, 5.74) is 0. The zero-order chi connectivity index (χ0) is 17.7. The fourth-order valence-corrected chi connectivity index (χ4v) is 3.78. The third kappa shape index (κ3) is 4.85. The van der Waals surface area contributed by atoms with Gasteiger partial charge in [0, 0.05) is 31.7 Å². The maximum Gasteiger partial charge on any atom is 0.318 e. The summed E-state index contributed by atoms with van der Waals surface area (Å²) >= 11 is 0. The van der Waals surface area contributed by atoms with Crippen LogP contribution in [0.25, 0.3) is 0 Å². The van der Waals surface area contributed by atoms with Gasteiger partial charge in [-0.3, -0.25) is 4.79 Å². The Morgan fingerprint density at radius 3 is 2.58 bits per heavy atom. The minimum absolute atomic E-state index is 0.0283. The Bertz CT molecular complexity index is 439. The quantitative estimate of drug-likeness (QED) is 0.806. The summed E-state index contributed by atoms with van der Waals surface area (Å²) in [5, 5.41) is 5.96. The molecule has 6 nitrogen and oxygen atoms in total. The van der Waals surface area contributed by atoms with E-state index < -0.39 is 0 Å². The number of carbonyl (C=O) groups excluding carboxylic acids is 2. The van der Waals surface area contributed by atoms with Gasteiger partial charge in [0.1, 0.15) is 6.04 Å². The Kier molecular flexibility index (Phi) is 6.90.